The van der Waals surface area contributed by atoms with Crippen LogP contribution < -0.4 is 16.1 Å². The smallest absolute Gasteiger partial charge is 0.341 e. The van der Waals surface area contributed by atoms with Crippen LogP contribution in [0.4, 0.5) is 14.5 Å². The molecule has 1 aromatic carbocycles. The first-order valence-corrected chi connectivity index (χ1v) is 8.67. The minimum absolute atomic E-state index is 0. The number of rotatable bonds is 4. The molecule has 2 aliphatic rings. The highest BCUT2D eigenvalue weighted by atomic mass is 35.5. The molecule has 2 fully saturated rings. The normalized spacial score (nSPS) is 21.8. The minimum atomic E-state index is -1.42. The number of nitrogens with two attached hydrogens (primary N) is 1. The van der Waals surface area contributed by atoms with E-state index < -0.39 is 34.6 Å². The molecule has 0 radical (unpaired) electrons. The van der Waals surface area contributed by atoms with Gasteiger partial charge in [0.15, 0.2) is 5.82 Å². The summed E-state index contributed by atoms with van der Waals surface area (Å²) in [5, 5.41) is 9.00. The standard InChI is InChI=1S/C18H19F2N3O4.ClH/c1-27-13-7-22(6-12(13)21)16-11(19)4-9-15(14(16)20)23(8-2-3-8)5-10(17(9)24)18(25)26;/h4-5,8,12-13H,2-3,6-7,21H2,1H3,(H,25,26);1H/t12-,13-;/m1./s1. The number of halogens is 3. The molecule has 1 aliphatic heterocycles. The molecule has 2 heterocycles. The van der Waals surface area contributed by atoms with Gasteiger partial charge in [-0.2, -0.15) is 0 Å². The fraction of sp³-hybridized carbons (Fsp3) is 0.444. The van der Waals surface area contributed by atoms with Crippen LogP contribution in [0.2, 0.25) is 0 Å². The number of aromatic carboxylic acids is 1. The molecule has 1 aliphatic carbocycles. The van der Waals surface area contributed by atoms with Gasteiger partial charge in [-0.25, -0.2) is 13.6 Å². The number of fused-ring (bicyclic) bond motifs is 1. The Bertz CT molecular complexity index is 1010. The van der Waals surface area contributed by atoms with Crippen LogP contribution in [0.25, 0.3) is 10.9 Å². The molecule has 152 valence electrons. The number of methoxy groups -OCH3 is 1. The summed E-state index contributed by atoms with van der Waals surface area (Å²) < 4.78 is 36.9. The van der Waals surface area contributed by atoms with E-state index in [0.29, 0.717) is 0 Å². The van der Waals surface area contributed by atoms with Crippen molar-refractivity contribution in [2.75, 3.05) is 25.1 Å². The lowest BCUT2D eigenvalue weighted by Gasteiger charge is -2.22. The zero-order chi connectivity index (χ0) is 19.5. The molecule has 2 aromatic rings. The van der Waals surface area contributed by atoms with Crippen LogP contribution >= 0.6 is 12.4 Å². The van der Waals surface area contributed by atoms with Crippen molar-refractivity contribution in [2.24, 2.45) is 5.73 Å². The molecule has 0 bridgehead atoms. The highest BCUT2D eigenvalue weighted by molar-refractivity contribution is 5.94. The number of benzene rings is 1. The third-order valence-electron chi connectivity index (χ3n) is 5.28. The lowest BCUT2D eigenvalue weighted by Crippen LogP contribution is -2.34. The number of anilines is 1. The second-order valence-corrected chi connectivity index (χ2v) is 7.08. The molecule has 0 unspecified atom stereocenters. The lowest BCUT2D eigenvalue weighted by molar-refractivity contribution is 0.0694. The topological polar surface area (TPSA) is 97.8 Å². The number of carboxylic acid groups (broad SMARTS) is 1. The average molecular weight is 416 g/mol. The van der Waals surface area contributed by atoms with Gasteiger partial charge in [0.1, 0.15) is 17.1 Å². The van der Waals surface area contributed by atoms with Crippen molar-refractivity contribution in [3.05, 3.63) is 39.7 Å². The summed E-state index contributed by atoms with van der Waals surface area (Å²) in [6.45, 7) is 0.427. The van der Waals surface area contributed by atoms with Gasteiger partial charge in [-0.05, 0) is 18.9 Å². The van der Waals surface area contributed by atoms with E-state index >= 15 is 4.39 Å². The summed E-state index contributed by atoms with van der Waals surface area (Å²) in [7, 11) is 1.49. The Kier molecular flexibility index (Phi) is 5.35. The summed E-state index contributed by atoms with van der Waals surface area (Å²) in [6.07, 6.45) is 2.27. The third-order valence-corrected chi connectivity index (χ3v) is 5.28. The van der Waals surface area contributed by atoms with Crippen molar-refractivity contribution >= 4 is 35.0 Å². The van der Waals surface area contributed by atoms with Gasteiger partial charge in [-0.3, -0.25) is 4.79 Å². The molecular weight excluding hydrogens is 396 g/mol. The van der Waals surface area contributed by atoms with Crippen LogP contribution in [0.1, 0.15) is 29.2 Å². The number of aromatic nitrogens is 1. The molecule has 4 rings (SSSR count). The van der Waals surface area contributed by atoms with E-state index in [1.165, 1.54) is 16.6 Å². The Hall–Kier alpha value is -2.23. The number of pyridine rings is 1. The maximum Gasteiger partial charge on any atom is 0.341 e. The molecular formula is C18H20ClF2N3O4. The van der Waals surface area contributed by atoms with E-state index in [1.54, 1.807) is 0 Å². The van der Waals surface area contributed by atoms with Gasteiger partial charge in [0.05, 0.1) is 23.0 Å². The Morgan fingerprint density at radius 2 is 2.00 bits per heavy atom. The fourth-order valence-corrected chi connectivity index (χ4v) is 3.75. The number of hydrogen-bond acceptors (Lipinski definition) is 5. The van der Waals surface area contributed by atoms with E-state index in [2.05, 4.69) is 0 Å². The summed E-state index contributed by atoms with van der Waals surface area (Å²) in [4.78, 5) is 25.3. The number of carbonyl (C=O) groups is 1. The van der Waals surface area contributed by atoms with Crippen LogP contribution in [0.5, 0.6) is 0 Å². The predicted molar refractivity (Wildman–Crippen MR) is 102 cm³/mol. The van der Waals surface area contributed by atoms with Gasteiger partial charge in [-0.15, -0.1) is 12.4 Å². The Labute approximate surface area is 165 Å². The molecule has 28 heavy (non-hydrogen) atoms. The van der Waals surface area contributed by atoms with Gasteiger partial charge in [0.2, 0.25) is 5.43 Å². The summed E-state index contributed by atoms with van der Waals surface area (Å²) in [5.41, 5.74) is 4.23. The van der Waals surface area contributed by atoms with Crippen molar-refractivity contribution in [3.63, 3.8) is 0 Å². The zero-order valence-electron chi connectivity index (χ0n) is 15.0. The van der Waals surface area contributed by atoms with E-state index in [-0.39, 0.29) is 54.2 Å². The van der Waals surface area contributed by atoms with Crippen LogP contribution in [0.15, 0.2) is 17.1 Å². The molecule has 1 aromatic heterocycles. The molecule has 7 nitrogen and oxygen atoms in total. The Morgan fingerprint density at radius 1 is 1.32 bits per heavy atom. The van der Waals surface area contributed by atoms with E-state index in [1.807, 2.05) is 0 Å². The van der Waals surface area contributed by atoms with Gasteiger partial charge >= 0.3 is 5.97 Å². The molecule has 1 saturated carbocycles. The van der Waals surface area contributed by atoms with Gasteiger partial charge in [0.25, 0.3) is 0 Å². The van der Waals surface area contributed by atoms with Crippen molar-refractivity contribution in [1.82, 2.24) is 4.57 Å². The maximum atomic E-state index is 15.4. The molecule has 2 atom stereocenters. The SMILES string of the molecule is CO[C@@H]1CN(c2c(F)cc3c(=O)c(C(=O)O)cn(C4CC4)c3c2F)C[C@H]1N.Cl. The highest BCUT2D eigenvalue weighted by Crippen LogP contribution is 2.40. The number of hydrogen-bond donors (Lipinski definition) is 2. The molecule has 0 spiro atoms. The van der Waals surface area contributed by atoms with E-state index in [0.717, 1.165) is 25.1 Å². The summed E-state index contributed by atoms with van der Waals surface area (Å²) in [6, 6.07) is 0.420. The van der Waals surface area contributed by atoms with Crippen molar-refractivity contribution < 1.29 is 23.4 Å². The van der Waals surface area contributed by atoms with Gasteiger partial charge < -0.3 is 25.0 Å². The van der Waals surface area contributed by atoms with Crippen LogP contribution in [-0.2, 0) is 4.74 Å². The number of nitrogens with zero attached hydrogens (tertiary/aromatic N) is 2. The van der Waals surface area contributed by atoms with Crippen molar-refractivity contribution in [1.29, 1.82) is 0 Å². The molecule has 1 saturated heterocycles. The quantitative estimate of drug-likeness (QED) is 0.791. The highest BCUT2D eigenvalue weighted by Gasteiger charge is 2.35. The van der Waals surface area contributed by atoms with E-state index in [4.69, 9.17) is 10.5 Å². The van der Waals surface area contributed by atoms with Crippen LogP contribution in [0, 0.1) is 11.6 Å². The zero-order valence-corrected chi connectivity index (χ0v) is 15.8. The number of ether oxygens (including phenoxy) is 1. The minimum Gasteiger partial charge on any atom is -0.477 e. The van der Waals surface area contributed by atoms with Crippen molar-refractivity contribution in [2.45, 2.75) is 31.0 Å². The summed E-state index contributed by atoms with van der Waals surface area (Å²) >= 11 is 0. The van der Waals surface area contributed by atoms with Crippen LogP contribution in [-0.4, -0.2) is 48.0 Å². The third kappa shape index (κ3) is 3.13. The molecule has 10 heteroatoms. The van der Waals surface area contributed by atoms with E-state index in [9.17, 15) is 19.1 Å². The van der Waals surface area contributed by atoms with Crippen molar-refractivity contribution in [3.8, 4) is 0 Å². The first-order chi connectivity index (χ1) is 12.8. The van der Waals surface area contributed by atoms with Crippen LogP contribution in [0.3, 0.4) is 0 Å². The van der Waals surface area contributed by atoms with Gasteiger partial charge in [0, 0.05) is 32.4 Å². The second-order valence-electron chi connectivity index (χ2n) is 7.08. The predicted octanol–water partition coefficient (Wildman–Crippen LogP) is 1.90. The largest absolute Gasteiger partial charge is 0.477 e. The monoisotopic (exact) mass is 415 g/mol. The molecule has 3 N–H and O–H groups in total. The molecule has 0 amide bonds. The Balaban J connectivity index is 0.00000225. The second kappa shape index (κ2) is 7.31. The Morgan fingerprint density at radius 3 is 2.54 bits per heavy atom. The fourth-order valence-electron chi connectivity index (χ4n) is 3.75. The first kappa shape index (κ1) is 20.5. The average Bonchev–Trinajstić information content (AvgIpc) is 3.38. The summed E-state index contributed by atoms with van der Waals surface area (Å²) in [5.74, 6) is -3.23. The maximum absolute atomic E-state index is 15.4. The number of carboxylic acids is 1. The lowest BCUT2D eigenvalue weighted by atomic mass is 10.1. The first-order valence-electron chi connectivity index (χ1n) is 8.67. The van der Waals surface area contributed by atoms with Gasteiger partial charge in [-0.1, -0.05) is 0 Å².